The van der Waals surface area contributed by atoms with Crippen molar-refractivity contribution in [2.24, 2.45) is 5.92 Å². The van der Waals surface area contributed by atoms with Crippen LogP contribution in [-0.4, -0.2) is 27.2 Å². The van der Waals surface area contributed by atoms with Crippen LogP contribution in [-0.2, 0) is 12.8 Å². The molecule has 0 fully saturated rings. The highest BCUT2D eigenvalue weighted by atomic mass is 32.1. The maximum atomic E-state index is 12.8. The highest BCUT2D eigenvalue weighted by molar-refractivity contribution is 7.16. The Morgan fingerprint density at radius 3 is 2.44 bits per heavy atom. The molecule has 1 atom stereocenters. The summed E-state index contributed by atoms with van der Waals surface area (Å²) in [6.45, 7) is 2.19. The molecular weight excluding hydrogens is 364 g/mol. The number of nitrogens with one attached hydrogen (secondary N) is 1. The van der Waals surface area contributed by atoms with Gasteiger partial charge in [-0.1, -0.05) is 6.92 Å². The lowest BCUT2D eigenvalue weighted by Crippen LogP contribution is -2.13. The van der Waals surface area contributed by atoms with Crippen LogP contribution < -0.4 is 19.5 Å². The Morgan fingerprint density at radius 1 is 1.22 bits per heavy atom. The van der Waals surface area contributed by atoms with Crippen molar-refractivity contribution in [3.63, 3.8) is 0 Å². The average Bonchev–Trinajstić information content (AvgIpc) is 3.02. The number of amides is 1. The molecule has 1 heterocycles. The van der Waals surface area contributed by atoms with E-state index in [0.717, 1.165) is 24.8 Å². The van der Waals surface area contributed by atoms with E-state index in [0.29, 0.717) is 39.3 Å². The molecule has 0 radical (unpaired) electrons. The van der Waals surface area contributed by atoms with Crippen molar-refractivity contribution in [1.82, 2.24) is 0 Å². The van der Waals surface area contributed by atoms with E-state index in [2.05, 4.69) is 18.3 Å². The van der Waals surface area contributed by atoms with Crippen molar-refractivity contribution < 1.29 is 19.0 Å². The lowest BCUT2D eigenvalue weighted by Gasteiger charge is -2.17. The fourth-order valence-corrected chi connectivity index (χ4v) is 4.54. The Labute approximate surface area is 162 Å². The fourth-order valence-electron chi connectivity index (χ4n) is 3.35. The summed E-state index contributed by atoms with van der Waals surface area (Å²) in [5.74, 6) is 1.47. The van der Waals surface area contributed by atoms with E-state index in [1.165, 1.54) is 37.5 Å². The van der Waals surface area contributed by atoms with Crippen LogP contribution in [0.3, 0.4) is 0 Å². The van der Waals surface area contributed by atoms with Crippen molar-refractivity contribution in [3.8, 4) is 23.3 Å². The standard InChI is InChI=1S/C20H22N2O4S/c1-11-5-6-17-13(7-11)14(10-21)20(27-17)22-19(23)12-8-15(24-2)18(26-4)16(9-12)25-3/h8-9,11H,5-7H2,1-4H3,(H,22,23)/t11-/m0/s1. The maximum absolute atomic E-state index is 12.8. The first-order valence-corrected chi connectivity index (χ1v) is 9.50. The van der Waals surface area contributed by atoms with Crippen LogP contribution in [0.5, 0.6) is 17.2 Å². The number of methoxy groups -OCH3 is 3. The summed E-state index contributed by atoms with van der Waals surface area (Å²) in [5, 5.41) is 13.1. The number of fused-ring (bicyclic) bond motifs is 1. The lowest BCUT2D eigenvalue weighted by molar-refractivity contribution is 0.102. The minimum atomic E-state index is -0.322. The molecule has 0 saturated heterocycles. The summed E-state index contributed by atoms with van der Waals surface area (Å²) in [7, 11) is 4.51. The van der Waals surface area contributed by atoms with Crippen molar-refractivity contribution in [3.05, 3.63) is 33.7 Å². The van der Waals surface area contributed by atoms with Crippen LogP contribution in [0.25, 0.3) is 0 Å². The number of nitrogens with zero attached hydrogens (tertiary/aromatic N) is 1. The summed E-state index contributed by atoms with van der Waals surface area (Å²) in [4.78, 5) is 14.0. The van der Waals surface area contributed by atoms with Crippen LogP contribution >= 0.6 is 11.3 Å². The van der Waals surface area contributed by atoms with Gasteiger partial charge in [0.1, 0.15) is 11.1 Å². The number of thiophene rings is 1. The minimum absolute atomic E-state index is 0.322. The highest BCUT2D eigenvalue weighted by Crippen LogP contribution is 2.41. The smallest absolute Gasteiger partial charge is 0.256 e. The Bertz CT molecular complexity index is 888. The number of carbonyl (C=O) groups is 1. The van der Waals surface area contributed by atoms with Crippen LogP contribution in [0, 0.1) is 17.2 Å². The summed E-state index contributed by atoms with van der Waals surface area (Å²) >= 11 is 1.50. The minimum Gasteiger partial charge on any atom is -0.493 e. The molecule has 3 rings (SSSR count). The number of aryl methyl sites for hydroxylation is 1. The van der Waals surface area contributed by atoms with E-state index in [1.54, 1.807) is 12.1 Å². The van der Waals surface area contributed by atoms with E-state index in [4.69, 9.17) is 14.2 Å². The summed E-state index contributed by atoms with van der Waals surface area (Å²) in [6.07, 6.45) is 2.95. The van der Waals surface area contributed by atoms with Gasteiger partial charge in [0, 0.05) is 10.4 Å². The van der Waals surface area contributed by atoms with Crippen LogP contribution in [0.4, 0.5) is 5.00 Å². The Balaban J connectivity index is 1.94. The van der Waals surface area contributed by atoms with Gasteiger partial charge in [-0.15, -0.1) is 11.3 Å². The predicted molar refractivity (Wildman–Crippen MR) is 104 cm³/mol. The molecule has 0 spiro atoms. The molecule has 7 heteroatoms. The summed E-state index contributed by atoms with van der Waals surface area (Å²) in [5.41, 5.74) is 2.04. The number of hydrogen-bond acceptors (Lipinski definition) is 6. The van der Waals surface area contributed by atoms with Crippen molar-refractivity contribution in [2.45, 2.75) is 26.2 Å². The number of anilines is 1. The monoisotopic (exact) mass is 386 g/mol. The molecule has 2 aromatic rings. The molecule has 1 aliphatic rings. The zero-order valence-electron chi connectivity index (χ0n) is 15.8. The number of nitriles is 1. The zero-order valence-corrected chi connectivity index (χ0v) is 16.7. The van der Waals surface area contributed by atoms with Gasteiger partial charge in [-0.25, -0.2) is 0 Å². The Morgan fingerprint density at radius 2 is 1.89 bits per heavy atom. The number of ether oxygens (including phenoxy) is 3. The topological polar surface area (TPSA) is 80.6 Å². The van der Waals surface area contributed by atoms with Crippen molar-refractivity contribution >= 4 is 22.2 Å². The second kappa shape index (κ2) is 7.89. The molecule has 142 valence electrons. The van der Waals surface area contributed by atoms with Gasteiger partial charge in [0.25, 0.3) is 5.91 Å². The molecule has 0 bridgehead atoms. The number of benzene rings is 1. The molecular formula is C20H22N2O4S. The third kappa shape index (κ3) is 3.58. The van der Waals surface area contributed by atoms with E-state index in [9.17, 15) is 10.1 Å². The van der Waals surface area contributed by atoms with Gasteiger partial charge in [-0.2, -0.15) is 5.26 Å². The molecule has 0 saturated carbocycles. The molecule has 1 amide bonds. The third-order valence-electron chi connectivity index (χ3n) is 4.77. The Kier molecular flexibility index (Phi) is 5.57. The second-order valence-electron chi connectivity index (χ2n) is 6.54. The normalized spacial score (nSPS) is 15.4. The Hall–Kier alpha value is -2.72. The average molecular weight is 386 g/mol. The molecule has 6 nitrogen and oxygen atoms in total. The third-order valence-corrected chi connectivity index (χ3v) is 5.98. The fraction of sp³-hybridized carbons (Fsp3) is 0.400. The van der Waals surface area contributed by atoms with Gasteiger partial charge < -0.3 is 19.5 Å². The summed E-state index contributed by atoms with van der Waals surface area (Å²) < 4.78 is 15.9. The second-order valence-corrected chi connectivity index (χ2v) is 7.64. The molecule has 27 heavy (non-hydrogen) atoms. The van der Waals surface area contributed by atoms with E-state index < -0.39 is 0 Å². The van der Waals surface area contributed by atoms with Gasteiger partial charge >= 0.3 is 0 Å². The van der Waals surface area contributed by atoms with Crippen molar-refractivity contribution in [2.75, 3.05) is 26.6 Å². The first-order chi connectivity index (χ1) is 13.0. The van der Waals surface area contributed by atoms with Gasteiger partial charge in [0.2, 0.25) is 5.75 Å². The zero-order chi connectivity index (χ0) is 19.6. The molecule has 0 unspecified atom stereocenters. The largest absolute Gasteiger partial charge is 0.493 e. The molecule has 1 aromatic heterocycles. The van der Waals surface area contributed by atoms with Gasteiger partial charge in [0.05, 0.1) is 26.9 Å². The molecule has 1 N–H and O–H groups in total. The van der Waals surface area contributed by atoms with Gasteiger partial charge in [-0.3, -0.25) is 4.79 Å². The summed E-state index contributed by atoms with van der Waals surface area (Å²) in [6, 6.07) is 5.46. The van der Waals surface area contributed by atoms with Crippen LogP contribution in [0.15, 0.2) is 12.1 Å². The SMILES string of the molecule is COc1cc(C(=O)Nc2sc3c(c2C#N)C[C@@H](C)CC3)cc(OC)c1OC. The number of hydrogen-bond donors (Lipinski definition) is 1. The first-order valence-electron chi connectivity index (χ1n) is 8.68. The van der Waals surface area contributed by atoms with E-state index in [1.807, 2.05) is 0 Å². The van der Waals surface area contributed by atoms with Crippen LogP contribution in [0.2, 0.25) is 0 Å². The molecule has 1 aromatic carbocycles. The number of rotatable bonds is 5. The van der Waals surface area contributed by atoms with Gasteiger partial charge in [0.15, 0.2) is 11.5 Å². The predicted octanol–water partition coefficient (Wildman–Crippen LogP) is 4.02. The lowest BCUT2D eigenvalue weighted by atomic mass is 9.88. The number of carbonyl (C=O) groups excluding carboxylic acids is 1. The quantitative estimate of drug-likeness (QED) is 0.839. The molecule has 1 aliphatic carbocycles. The van der Waals surface area contributed by atoms with E-state index >= 15 is 0 Å². The van der Waals surface area contributed by atoms with Gasteiger partial charge in [-0.05, 0) is 42.9 Å². The maximum Gasteiger partial charge on any atom is 0.256 e. The van der Waals surface area contributed by atoms with Crippen molar-refractivity contribution in [1.29, 1.82) is 5.26 Å². The highest BCUT2D eigenvalue weighted by Gasteiger charge is 2.25. The van der Waals surface area contributed by atoms with Crippen LogP contribution in [0.1, 0.15) is 39.7 Å². The van der Waals surface area contributed by atoms with E-state index in [-0.39, 0.29) is 5.91 Å². The first kappa shape index (κ1) is 19.1. The molecule has 0 aliphatic heterocycles.